The van der Waals surface area contributed by atoms with Crippen LogP contribution in [0.15, 0.2) is 17.1 Å². The SMILES string of the molecule is CCOC(=O)c1cn(C2CC2)c2c(F)c(CCCNC(=O)OC(C)(C)C)c(F)cc2c1=O. The number of amides is 1. The quantitative estimate of drug-likeness (QED) is 0.504. The van der Waals surface area contributed by atoms with Crippen LogP contribution in [0.5, 0.6) is 0 Å². The number of pyridine rings is 1. The lowest BCUT2D eigenvalue weighted by Gasteiger charge is -2.19. The Bertz CT molecular complexity index is 1100. The lowest BCUT2D eigenvalue weighted by Crippen LogP contribution is -2.33. The van der Waals surface area contributed by atoms with Gasteiger partial charge in [0.2, 0.25) is 5.43 Å². The van der Waals surface area contributed by atoms with Crippen LogP contribution in [0.1, 0.15) is 68.9 Å². The number of esters is 1. The van der Waals surface area contributed by atoms with E-state index in [1.165, 1.54) is 6.20 Å². The van der Waals surface area contributed by atoms with E-state index in [0.29, 0.717) is 0 Å². The molecule has 1 fully saturated rings. The first-order valence-electron chi connectivity index (χ1n) is 10.7. The number of alkyl carbamates (subject to hydrolysis) is 1. The minimum atomic E-state index is -0.868. The zero-order chi connectivity index (χ0) is 23.6. The molecule has 2 aromatic rings. The molecule has 1 aromatic heterocycles. The van der Waals surface area contributed by atoms with E-state index >= 15 is 4.39 Å². The number of hydrogen-bond donors (Lipinski definition) is 1. The van der Waals surface area contributed by atoms with Crippen LogP contribution in [-0.4, -0.2) is 35.4 Å². The molecule has 1 heterocycles. The molecule has 1 saturated carbocycles. The lowest BCUT2D eigenvalue weighted by atomic mass is 10.0. The van der Waals surface area contributed by atoms with Gasteiger partial charge in [-0.1, -0.05) is 0 Å². The number of aromatic nitrogens is 1. The number of halogens is 2. The van der Waals surface area contributed by atoms with E-state index in [4.69, 9.17) is 9.47 Å². The van der Waals surface area contributed by atoms with Gasteiger partial charge < -0.3 is 19.4 Å². The minimum Gasteiger partial charge on any atom is -0.462 e. The Morgan fingerprint density at radius 2 is 1.94 bits per heavy atom. The van der Waals surface area contributed by atoms with Crippen LogP contribution >= 0.6 is 0 Å². The summed E-state index contributed by atoms with van der Waals surface area (Å²) < 4.78 is 41.8. The molecule has 7 nitrogen and oxygen atoms in total. The van der Waals surface area contributed by atoms with Gasteiger partial charge in [-0.3, -0.25) is 4.79 Å². The van der Waals surface area contributed by atoms with Crippen molar-refractivity contribution in [3.63, 3.8) is 0 Å². The third kappa shape index (κ3) is 5.26. The van der Waals surface area contributed by atoms with Gasteiger partial charge in [0, 0.05) is 24.3 Å². The largest absolute Gasteiger partial charge is 0.462 e. The number of nitrogens with one attached hydrogen (secondary N) is 1. The van der Waals surface area contributed by atoms with Gasteiger partial charge in [0.1, 0.15) is 17.0 Å². The molecule has 3 rings (SSSR count). The van der Waals surface area contributed by atoms with Crippen LogP contribution in [0.3, 0.4) is 0 Å². The van der Waals surface area contributed by atoms with E-state index in [1.807, 2.05) is 0 Å². The number of carbonyl (C=O) groups is 2. The number of rotatable bonds is 7. The molecule has 0 saturated heterocycles. The van der Waals surface area contributed by atoms with Crippen molar-refractivity contribution >= 4 is 23.0 Å². The van der Waals surface area contributed by atoms with Gasteiger partial charge in [-0.15, -0.1) is 0 Å². The van der Waals surface area contributed by atoms with Crippen molar-refractivity contribution in [2.45, 2.75) is 65.0 Å². The van der Waals surface area contributed by atoms with Crippen molar-refractivity contribution in [1.82, 2.24) is 9.88 Å². The Kier molecular flexibility index (Phi) is 6.85. The fraction of sp³-hybridized carbons (Fsp3) is 0.522. The van der Waals surface area contributed by atoms with E-state index in [1.54, 1.807) is 32.3 Å². The number of nitrogens with zero attached hydrogens (tertiary/aromatic N) is 1. The average Bonchev–Trinajstić information content (AvgIpc) is 3.52. The van der Waals surface area contributed by atoms with E-state index < -0.39 is 34.7 Å². The molecule has 0 unspecified atom stereocenters. The summed E-state index contributed by atoms with van der Waals surface area (Å²) in [6, 6.07) is 0.923. The summed E-state index contributed by atoms with van der Waals surface area (Å²) in [6.45, 7) is 7.07. The van der Waals surface area contributed by atoms with Crippen molar-refractivity contribution in [3.8, 4) is 0 Å². The summed E-state index contributed by atoms with van der Waals surface area (Å²) in [5.41, 5.74) is -1.82. The number of benzene rings is 1. The number of ether oxygens (including phenoxy) is 2. The Hall–Kier alpha value is -2.97. The predicted octanol–water partition coefficient (Wildman–Crippen LogP) is 4.25. The molecule has 174 valence electrons. The summed E-state index contributed by atoms with van der Waals surface area (Å²) in [5.74, 6) is -2.50. The van der Waals surface area contributed by atoms with E-state index in [2.05, 4.69) is 5.32 Å². The molecule has 9 heteroatoms. The standard InChI is InChI=1S/C23H28F2N2O5/c1-5-31-21(29)16-12-27(13-8-9-13)19-15(20(16)28)11-17(24)14(18(19)25)7-6-10-26-22(30)32-23(2,3)4/h11-13H,5-10H2,1-4H3,(H,26,30). The predicted molar refractivity (Wildman–Crippen MR) is 115 cm³/mol. The van der Waals surface area contributed by atoms with E-state index in [-0.39, 0.29) is 54.1 Å². The summed E-state index contributed by atoms with van der Waals surface area (Å²) in [7, 11) is 0. The van der Waals surface area contributed by atoms with Crippen LogP contribution in [0.4, 0.5) is 13.6 Å². The van der Waals surface area contributed by atoms with Gasteiger partial charge >= 0.3 is 12.1 Å². The Morgan fingerprint density at radius 1 is 1.25 bits per heavy atom. The molecular weight excluding hydrogens is 422 g/mol. The Morgan fingerprint density at radius 3 is 2.53 bits per heavy atom. The first kappa shape index (κ1) is 23.7. The highest BCUT2D eigenvalue weighted by Gasteiger charge is 2.30. The second-order valence-corrected chi connectivity index (χ2v) is 8.81. The summed E-state index contributed by atoms with van der Waals surface area (Å²) >= 11 is 0. The molecule has 1 aromatic carbocycles. The zero-order valence-corrected chi connectivity index (χ0v) is 18.7. The Labute approximate surface area is 184 Å². The maximum Gasteiger partial charge on any atom is 0.407 e. The average molecular weight is 450 g/mol. The Balaban J connectivity index is 1.89. The fourth-order valence-electron chi connectivity index (χ4n) is 3.47. The van der Waals surface area contributed by atoms with Crippen LogP contribution in [0.25, 0.3) is 10.9 Å². The molecule has 1 N–H and O–H groups in total. The van der Waals surface area contributed by atoms with Crippen LogP contribution in [0.2, 0.25) is 0 Å². The molecule has 0 atom stereocenters. The van der Waals surface area contributed by atoms with Gasteiger partial charge in [-0.05, 0) is 59.4 Å². The highest BCUT2D eigenvalue weighted by atomic mass is 19.1. The maximum atomic E-state index is 15.4. The van der Waals surface area contributed by atoms with Crippen LogP contribution in [0, 0.1) is 11.6 Å². The molecular formula is C23H28F2N2O5. The zero-order valence-electron chi connectivity index (χ0n) is 18.7. The van der Waals surface area contributed by atoms with Crippen LogP contribution < -0.4 is 10.7 Å². The van der Waals surface area contributed by atoms with Gasteiger partial charge in [-0.2, -0.15) is 0 Å². The van der Waals surface area contributed by atoms with Crippen molar-refractivity contribution in [2.75, 3.05) is 13.2 Å². The first-order valence-corrected chi connectivity index (χ1v) is 10.7. The number of hydrogen-bond acceptors (Lipinski definition) is 5. The molecule has 1 aliphatic carbocycles. The van der Waals surface area contributed by atoms with Crippen molar-refractivity contribution < 1.29 is 27.8 Å². The van der Waals surface area contributed by atoms with Crippen molar-refractivity contribution in [2.24, 2.45) is 0 Å². The molecule has 1 amide bonds. The second-order valence-electron chi connectivity index (χ2n) is 8.81. The normalized spacial score (nSPS) is 13.8. The summed E-state index contributed by atoms with van der Waals surface area (Å²) in [5, 5.41) is 2.37. The first-order chi connectivity index (χ1) is 15.0. The van der Waals surface area contributed by atoms with Gasteiger partial charge in [0.05, 0.1) is 17.5 Å². The summed E-state index contributed by atoms with van der Waals surface area (Å²) in [4.78, 5) is 36.7. The molecule has 0 aliphatic heterocycles. The summed E-state index contributed by atoms with van der Waals surface area (Å²) in [6.07, 6.45) is 2.54. The molecule has 0 radical (unpaired) electrons. The minimum absolute atomic E-state index is 0.0120. The smallest absolute Gasteiger partial charge is 0.407 e. The maximum absolute atomic E-state index is 15.4. The molecule has 32 heavy (non-hydrogen) atoms. The number of fused-ring (bicyclic) bond motifs is 1. The molecule has 0 bridgehead atoms. The lowest BCUT2D eigenvalue weighted by molar-refractivity contribution is 0.0515. The van der Waals surface area contributed by atoms with Crippen molar-refractivity contribution in [3.05, 3.63) is 45.2 Å². The van der Waals surface area contributed by atoms with Crippen molar-refractivity contribution in [1.29, 1.82) is 0 Å². The number of carbonyl (C=O) groups excluding carboxylic acids is 2. The molecule has 0 spiro atoms. The second kappa shape index (κ2) is 9.26. The van der Waals surface area contributed by atoms with Crippen LogP contribution in [-0.2, 0) is 15.9 Å². The highest BCUT2D eigenvalue weighted by molar-refractivity contribution is 5.94. The van der Waals surface area contributed by atoms with Gasteiger partial charge in [-0.25, -0.2) is 18.4 Å². The van der Waals surface area contributed by atoms with E-state index in [0.717, 1.165) is 18.9 Å². The topological polar surface area (TPSA) is 86.6 Å². The van der Waals surface area contributed by atoms with Gasteiger partial charge in [0.15, 0.2) is 5.82 Å². The molecule has 1 aliphatic rings. The highest BCUT2D eigenvalue weighted by Crippen LogP contribution is 2.38. The third-order valence-electron chi connectivity index (χ3n) is 5.01. The van der Waals surface area contributed by atoms with Gasteiger partial charge in [0.25, 0.3) is 0 Å². The third-order valence-corrected chi connectivity index (χ3v) is 5.01. The fourth-order valence-corrected chi connectivity index (χ4v) is 3.47. The van der Waals surface area contributed by atoms with E-state index in [9.17, 15) is 18.8 Å². The monoisotopic (exact) mass is 450 g/mol.